The molecule has 1 aliphatic rings. The zero-order valence-electron chi connectivity index (χ0n) is 9.59. The van der Waals surface area contributed by atoms with Crippen LogP contribution in [-0.4, -0.2) is 36.9 Å². The number of hydrogen-bond donors (Lipinski definition) is 1. The molecular weight excluding hydrogens is 204 g/mol. The lowest BCUT2D eigenvalue weighted by Crippen LogP contribution is -2.21. The van der Waals surface area contributed by atoms with Crippen LogP contribution in [-0.2, 0) is 11.3 Å². The Morgan fingerprint density at radius 2 is 2.44 bits per heavy atom. The predicted octanol–water partition coefficient (Wildman–Crippen LogP) is 1.05. The van der Waals surface area contributed by atoms with E-state index in [0.717, 1.165) is 37.5 Å². The summed E-state index contributed by atoms with van der Waals surface area (Å²) in [5, 5.41) is 8.94. The molecule has 4 nitrogen and oxygen atoms in total. The summed E-state index contributed by atoms with van der Waals surface area (Å²) >= 11 is 0. The summed E-state index contributed by atoms with van der Waals surface area (Å²) in [5.74, 6) is 1.61. The van der Waals surface area contributed by atoms with Crippen LogP contribution in [0.25, 0.3) is 0 Å². The van der Waals surface area contributed by atoms with Crippen molar-refractivity contribution in [1.82, 2.24) is 4.98 Å². The SMILES string of the molecule is COCC1CCN(c2ccc(CO)cn2)C1. The molecule has 0 aromatic carbocycles. The highest BCUT2D eigenvalue weighted by Crippen LogP contribution is 2.22. The first-order valence-electron chi connectivity index (χ1n) is 5.63. The van der Waals surface area contributed by atoms with Crippen molar-refractivity contribution in [1.29, 1.82) is 0 Å². The predicted molar refractivity (Wildman–Crippen MR) is 62.4 cm³/mol. The molecule has 1 aromatic rings. The van der Waals surface area contributed by atoms with E-state index in [2.05, 4.69) is 9.88 Å². The molecule has 0 saturated carbocycles. The van der Waals surface area contributed by atoms with Gasteiger partial charge in [0, 0.05) is 32.3 Å². The molecule has 88 valence electrons. The van der Waals surface area contributed by atoms with Crippen molar-refractivity contribution in [3.8, 4) is 0 Å². The van der Waals surface area contributed by atoms with E-state index in [4.69, 9.17) is 9.84 Å². The average molecular weight is 222 g/mol. The molecule has 0 radical (unpaired) electrons. The lowest BCUT2D eigenvalue weighted by Gasteiger charge is -2.17. The van der Waals surface area contributed by atoms with Crippen LogP contribution in [0.2, 0.25) is 0 Å². The fourth-order valence-corrected chi connectivity index (χ4v) is 2.11. The Morgan fingerprint density at radius 3 is 3.06 bits per heavy atom. The third-order valence-electron chi connectivity index (χ3n) is 3.00. The first-order valence-corrected chi connectivity index (χ1v) is 5.63. The highest BCUT2D eigenvalue weighted by Gasteiger charge is 2.22. The van der Waals surface area contributed by atoms with E-state index in [1.54, 1.807) is 13.3 Å². The minimum atomic E-state index is 0.0551. The monoisotopic (exact) mass is 222 g/mol. The summed E-state index contributed by atoms with van der Waals surface area (Å²) in [6, 6.07) is 3.90. The number of aliphatic hydroxyl groups excluding tert-OH is 1. The van der Waals surface area contributed by atoms with Gasteiger partial charge >= 0.3 is 0 Å². The van der Waals surface area contributed by atoms with E-state index < -0.39 is 0 Å². The number of anilines is 1. The van der Waals surface area contributed by atoms with Gasteiger partial charge in [0.2, 0.25) is 0 Å². The van der Waals surface area contributed by atoms with Crippen LogP contribution in [0.5, 0.6) is 0 Å². The first kappa shape index (κ1) is 11.4. The maximum absolute atomic E-state index is 8.94. The molecule has 1 N–H and O–H groups in total. The van der Waals surface area contributed by atoms with Crippen LogP contribution < -0.4 is 4.90 Å². The Labute approximate surface area is 95.9 Å². The molecule has 2 rings (SSSR count). The Hall–Kier alpha value is -1.13. The molecule has 16 heavy (non-hydrogen) atoms. The highest BCUT2D eigenvalue weighted by molar-refractivity contribution is 5.40. The summed E-state index contributed by atoms with van der Waals surface area (Å²) in [7, 11) is 1.75. The van der Waals surface area contributed by atoms with Gasteiger partial charge in [0.1, 0.15) is 5.82 Å². The van der Waals surface area contributed by atoms with E-state index in [9.17, 15) is 0 Å². The number of methoxy groups -OCH3 is 1. The topological polar surface area (TPSA) is 45.6 Å². The fraction of sp³-hybridized carbons (Fsp3) is 0.583. The Morgan fingerprint density at radius 1 is 1.56 bits per heavy atom. The van der Waals surface area contributed by atoms with E-state index in [1.165, 1.54) is 0 Å². The number of aromatic nitrogens is 1. The van der Waals surface area contributed by atoms with Crippen molar-refractivity contribution in [2.45, 2.75) is 13.0 Å². The van der Waals surface area contributed by atoms with Gasteiger partial charge in [-0.3, -0.25) is 0 Å². The molecule has 4 heteroatoms. The number of ether oxygens (including phenoxy) is 1. The minimum Gasteiger partial charge on any atom is -0.392 e. The van der Waals surface area contributed by atoms with Gasteiger partial charge in [0.05, 0.1) is 13.2 Å². The average Bonchev–Trinajstić information content (AvgIpc) is 2.78. The first-order chi connectivity index (χ1) is 7.83. The van der Waals surface area contributed by atoms with Crippen molar-refractivity contribution >= 4 is 5.82 Å². The van der Waals surface area contributed by atoms with Crippen molar-refractivity contribution in [2.24, 2.45) is 5.92 Å². The normalized spacial score (nSPS) is 20.4. The molecule has 1 aliphatic heterocycles. The summed E-state index contributed by atoms with van der Waals surface area (Å²) in [4.78, 5) is 6.62. The molecule has 0 spiro atoms. The van der Waals surface area contributed by atoms with Crippen molar-refractivity contribution in [3.05, 3.63) is 23.9 Å². The zero-order chi connectivity index (χ0) is 11.4. The molecule has 0 bridgehead atoms. The van der Waals surface area contributed by atoms with Gasteiger partial charge in [-0.25, -0.2) is 4.98 Å². The third kappa shape index (κ3) is 2.51. The second-order valence-electron chi connectivity index (χ2n) is 4.24. The van der Waals surface area contributed by atoms with Crippen LogP contribution in [0.4, 0.5) is 5.82 Å². The summed E-state index contributed by atoms with van der Waals surface area (Å²) < 4.78 is 5.17. The Balaban J connectivity index is 1.97. The lowest BCUT2D eigenvalue weighted by molar-refractivity contribution is 0.161. The van der Waals surface area contributed by atoms with Gasteiger partial charge < -0.3 is 14.7 Å². The maximum atomic E-state index is 8.94. The van der Waals surface area contributed by atoms with E-state index in [-0.39, 0.29) is 6.61 Å². The Kier molecular flexibility index (Phi) is 3.74. The zero-order valence-corrected chi connectivity index (χ0v) is 9.59. The van der Waals surface area contributed by atoms with Crippen molar-refractivity contribution in [3.63, 3.8) is 0 Å². The molecule has 1 aromatic heterocycles. The summed E-state index contributed by atoms with van der Waals surface area (Å²) in [6.07, 6.45) is 2.90. The van der Waals surface area contributed by atoms with Crippen molar-refractivity contribution < 1.29 is 9.84 Å². The molecule has 1 saturated heterocycles. The van der Waals surface area contributed by atoms with Gasteiger partial charge in [0.15, 0.2) is 0 Å². The standard InChI is InChI=1S/C12H18N2O2/c1-16-9-11-4-5-14(7-11)12-3-2-10(8-15)6-13-12/h2-3,6,11,15H,4-5,7-9H2,1H3. The fourth-order valence-electron chi connectivity index (χ4n) is 2.11. The van der Waals surface area contributed by atoms with Crippen LogP contribution in [0, 0.1) is 5.92 Å². The molecule has 1 fully saturated rings. The number of rotatable bonds is 4. The molecule has 0 aliphatic carbocycles. The van der Waals surface area contributed by atoms with Gasteiger partial charge in [-0.1, -0.05) is 6.07 Å². The van der Waals surface area contributed by atoms with Crippen LogP contribution >= 0.6 is 0 Å². The Bertz CT molecular complexity index is 326. The quantitative estimate of drug-likeness (QED) is 0.827. The van der Waals surface area contributed by atoms with E-state index in [0.29, 0.717) is 5.92 Å². The molecule has 1 unspecified atom stereocenters. The molecule has 1 atom stereocenters. The van der Waals surface area contributed by atoms with Gasteiger partial charge in [-0.2, -0.15) is 0 Å². The third-order valence-corrected chi connectivity index (χ3v) is 3.00. The second kappa shape index (κ2) is 5.27. The van der Waals surface area contributed by atoms with Crippen LogP contribution in [0.15, 0.2) is 18.3 Å². The number of nitrogens with zero attached hydrogens (tertiary/aromatic N) is 2. The van der Waals surface area contributed by atoms with Gasteiger partial charge in [-0.15, -0.1) is 0 Å². The molecule has 2 heterocycles. The smallest absolute Gasteiger partial charge is 0.128 e. The minimum absolute atomic E-state index is 0.0551. The van der Waals surface area contributed by atoms with Gasteiger partial charge in [0.25, 0.3) is 0 Å². The van der Waals surface area contributed by atoms with Crippen molar-refractivity contribution in [2.75, 3.05) is 31.7 Å². The molecular formula is C12H18N2O2. The summed E-state index contributed by atoms with van der Waals surface area (Å²) in [6.45, 7) is 2.93. The summed E-state index contributed by atoms with van der Waals surface area (Å²) in [5.41, 5.74) is 0.858. The highest BCUT2D eigenvalue weighted by atomic mass is 16.5. The molecule has 0 amide bonds. The largest absolute Gasteiger partial charge is 0.392 e. The maximum Gasteiger partial charge on any atom is 0.128 e. The van der Waals surface area contributed by atoms with Gasteiger partial charge in [-0.05, 0) is 18.1 Å². The van der Waals surface area contributed by atoms with Crippen LogP contribution in [0.3, 0.4) is 0 Å². The number of aliphatic hydroxyl groups is 1. The van der Waals surface area contributed by atoms with E-state index in [1.807, 2.05) is 12.1 Å². The number of hydrogen-bond acceptors (Lipinski definition) is 4. The second-order valence-corrected chi connectivity index (χ2v) is 4.24. The lowest BCUT2D eigenvalue weighted by atomic mass is 10.1. The van der Waals surface area contributed by atoms with E-state index >= 15 is 0 Å². The number of pyridine rings is 1. The van der Waals surface area contributed by atoms with Crippen LogP contribution in [0.1, 0.15) is 12.0 Å².